The Hall–Kier alpha value is -3.69. The van der Waals surface area contributed by atoms with Gasteiger partial charge in [0.1, 0.15) is 5.82 Å². The first kappa shape index (κ1) is 24.9. The molecule has 176 valence electrons. The van der Waals surface area contributed by atoms with Crippen LogP contribution in [0.3, 0.4) is 0 Å². The number of hydrogen-bond donors (Lipinski definition) is 0. The lowest BCUT2D eigenvalue weighted by atomic mass is 9.99. The average molecular weight is 482 g/mol. The van der Waals surface area contributed by atoms with E-state index in [1.807, 2.05) is 60.7 Å². The van der Waals surface area contributed by atoms with Crippen LogP contribution in [0.5, 0.6) is 0 Å². The summed E-state index contributed by atoms with van der Waals surface area (Å²) in [6, 6.07) is 24.7. The third-order valence-electron chi connectivity index (χ3n) is 4.52. The first-order valence-corrected chi connectivity index (χ1v) is 9.76. The van der Waals surface area contributed by atoms with Gasteiger partial charge in [0.2, 0.25) is 0 Å². The fraction of sp³-hybridized carbons (Fsp3) is 0.0417. The van der Waals surface area contributed by atoms with Crippen molar-refractivity contribution in [2.75, 3.05) is 0 Å². The summed E-state index contributed by atoms with van der Waals surface area (Å²) in [6.45, 7) is 0. The van der Waals surface area contributed by atoms with Crippen LogP contribution in [-0.2, 0) is 6.18 Å². The molecule has 0 saturated heterocycles. The van der Waals surface area contributed by atoms with E-state index in [0.29, 0.717) is 17.1 Å². The van der Waals surface area contributed by atoms with E-state index in [-0.39, 0.29) is 5.56 Å². The summed E-state index contributed by atoms with van der Waals surface area (Å²) < 4.78 is 99.3. The smallest absolute Gasteiger partial charge is 0.418 e. The van der Waals surface area contributed by atoms with Crippen molar-refractivity contribution in [1.82, 2.24) is 0 Å². The first-order valence-electron chi connectivity index (χ1n) is 9.76. The summed E-state index contributed by atoms with van der Waals surface area (Å²) in [5.74, 6) is -0.443. The Bertz CT molecular complexity index is 1180. The maximum Gasteiger partial charge on any atom is 0.673 e. The Morgan fingerprint density at radius 1 is 0.588 bits per heavy atom. The van der Waals surface area contributed by atoms with Gasteiger partial charge in [-0.3, -0.25) is 0 Å². The molecule has 1 heterocycles. The SMILES string of the molecule is F[B-](F)(F)F.Fc1c(-c2cc(-c3ccccc3)[o+]c(-c3ccccc3)c2)cccc1C(F)(F)F. The molecule has 0 fully saturated rings. The molecule has 3 aromatic carbocycles. The normalized spacial score (nSPS) is 11.5. The lowest BCUT2D eigenvalue weighted by Gasteiger charge is -2.11. The van der Waals surface area contributed by atoms with Gasteiger partial charge < -0.3 is 17.3 Å². The molecule has 4 rings (SSSR count). The van der Waals surface area contributed by atoms with Crippen molar-refractivity contribution in [2.24, 2.45) is 0 Å². The van der Waals surface area contributed by atoms with E-state index in [2.05, 4.69) is 0 Å². The van der Waals surface area contributed by atoms with E-state index in [1.165, 1.54) is 12.1 Å². The second-order valence-corrected chi connectivity index (χ2v) is 6.97. The van der Waals surface area contributed by atoms with Gasteiger partial charge in [0.15, 0.2) is 0 Å². The molecule has 0 saturated carbocycles. The van der Waals surface area contributed by atoms with Gasteiger partial charge in [0.25, 0.3) is 0 Å². The Kier molecular flexibility index (Phi) is 7.39. The second-order valence-electron chi connectivity index (χ2n) is 6.97. The van der Waals surface area contributed by atoms with Crippen LogP contribution in [0.1, 0.15) is 5.56 Å². The van der Waals surface area contributed by atoms with Crippen molar-refractivity contribution in [2.45, 2.75) is 6.18 Å². The largest absolute Gasteiger partial charge is 0.673 e. The molecular weight excluding hydrogens is 467 g/mol. The van der Waals surface area contributed by atoms with Crippen molar-refractivity contribution in [1.29, 1.82) is 0 Å². The summed E-state index contributed by atoms with van der Waals surface area (Å²) in [6.07, 6.45) is -4.77. The van der Waals surface area contributed by atoms with Gasteiger partial charge in [0.05, 0.1) is 28.8 Å². The zero-order valence-electron chi connectivity index (χ0n) is 17.2. The molecule has 0 radical (unpaired) electrons. The van der Waals surface area contributed by atoms with Crippen molar-refractivity contribution >= 4 is 7.25 Å². The Morgan fingerprint density at radius 2 is 1.03 bits per heavy atom. The minimum absolute atomic E-state index is 0.134. The van der Waals surface area contributed by atoms with Gasteiger partial charge in [-0.25, -0.2) is 8.81 Å². The minimum Gasteiger partial charge on any atom is -0.418 e. The summed E-state index contributed by atoms with van der Waals surface area (Å²) in [5, 5.41) is 0. The summed E-state index contributed by atoms with van der Waals surface area (Å²) in [7, 11) is -6.00. The molecule has 0 N–H and O–H groups in total. The predicted molar refractivity (Wildman–Crippen MR) is 115 cm³/mol. The molecule has 1 nitrogen and oxygen atoms in total. The highest BCUT2D eigenvalue weighted by Crippen LogP contribution is 2.38. The number of halogens is 8. The zero-order valence-corrected chi connectivity index (χ0v) is 17.2. The number of hydrogen-bond acceptors (Lipinski definition) is 0. The van der Waals surface area contributed by atoms with Crippen LogP contribution in [0.15, 0.2) is 95.4 Å². The third-order valence-corrected chi connectivity index (χ3v) is 4.52. The molecular formula is C24H15BF8O. The van der Waals surface area contributed by atoms with E-state index in [9.17, 15) is 34.8 Å². The maximum absolute atomic E-state index is 14.8. The van der Waals surface area contributed by atoms with Crippen LogP contribution in [-0.4, -0.2) is 7.25 Å². The minimum atomic E-state index is -6.00. The van der Waals surface area contributed by atoms with Crippen molar-refractivity contribution in [3.63, 3.8) is 0 Å². The highest BCUT2D eigenvalue weighted by Gasteiger charge is 2.35. The van der Waals surface area contributed by atoms with Crippen LogP contribution in [0.25, 0.3) is 33.8 Å². The number of rotatable bonds is 3. The molecule has 0 spiro atoms. The topological polar surface area (TPSA) is 11.3 Å². The summed E-state index contributed by atoms with van der Waals surface area (Å²) in [5.41, 5.74) is 0.346. The fourth-order valence-corrected chi connectivity index (χ4v) is 3.12. The average Bonchev–Trinajstić information content (AvgIpc) is 2.78. The highest BCUT2D eigenvalue weighted by molar-refractivity contribution is 6.50. The molecule has 0 aliphatic rings. The molecule has 0 aliphatic heterocycles. The fourth-order valence-electron chi connectivity index (χ4n) is 3.12. The zero-order chi connectivity index (χ0) is 24.9. The van der Waals surface area contributed by atoms with E-state index in [0.717, 1.165) is 17.2 Å². The summed E-state index contributed by atoms with van der Waals surface area (Å²) >= 11 is 0. The van der Waals surface area contributed by atoms with Crippen LogP contribution in [0.4, 0.5) is 34.8 Å². The molecule has 0 atom stereocenters. The number of benzene rings is 3. The van der Waals surface area contributed by atoms with Gasteiger partial charge in [-0.1, -0.05) is 48.5 Å². The predicted octanol–water partition coefficient (Wildman–Crippen LogP) is 9.02. The van der Waals surface area contributed by atoms with Crippen LogP contribution >= 0.6 is 0 Å². The van der Waals surface area contributed by atoms with E-state index < -0.39 is 24.8 Å². The van der Waals surface area contributed by atoms with Crippen molar-refractivity contribution < 1.29 is 39.2 Å². The molecule has 10 heteroatoms. The van der Waals surface area contributed by atoms with Crippen molar-refractivity contribution in [3.8, 4) is 33.8 Å². The van der Waals surface area contributed by atoms with E-state index in [4.69, 9.17) is 4.42 Å². The van der Waals surface area contributed by atoms with Gasteiger partial charge in [-0.05, 0) is 30.3 Å². The van der Waals surface area contributed by atoms with Gasteiger partial charge in [-0.2, -0.15) is 13.2 Å². The molecule has 1 aromatic heterocycles. The molecule has 4 aromatic rings. The first-order chi connectivity index (χ1) is 15.9. The van der Waals surface area contributed by atoms with E-state index >= 15 is 0 Å². The van der Waals surface area contributed by atoms with Crippen LogP contribution < -0.4 is 0 Å². The Labute approximate surface area is 189 Å². The second kappa shape index (κ2) is 10.1. The van der Waals surface area contributed by atoms with Crippen LogP contribution in [0.2, 0.25) is 0 Å². The molecule has 0 unspecified atom stereocenters. The van der Waals surface area contributed by atoms with Gasteiger partial charge >= 0.3 is 25.0 Å². The van der Waals surface area contributed by atoms with Gasteiger partial charge in [0, 0.05) is 11.1 Å². The lowest BCUT2D eigenvalue weighted by Crippen LogP contribution is -2.08. The maximum atomic E-state index is 14.8. The molecule has 34 heavy (non-hydrogen) atoms. The molecule has 0 bridgehead atoms. The Balaban J connectivity index is 0.000000588. The van der Waals surface area contributed by atoms with Crippen LogP contribution in [0, 0.1) is 5.82 Å². The standard InChI is InChI=1S/C24H15F4O.BF4/c25-23-19(12-7-13-20(23)24(26,27)28)18-14-21(16-8-3-1-4-9-16)29-22(15-18)17-10-5-2-6-11-17;2-1(3,4)5/h1-15H;/q+1;-1. The lowest BCUT2D eigenvalue weighted by molar-refractivity contribution is -0.139. The quantitative estimate of drug-likeness (QED) is 0.161. The van der Waals surface area contributed by atoms with E-state index in [1.54, 1.807) is 12.1 Å². The highest BCUT2D eigenvalue weighted by atomic mass is 19.5. The number of alkyl halides is 3. The third kappa shape index (κ3) is 6.66. The molecule has 0 amide bonds. The van der Waals surface area contributed by atoms with Crippen molar-refractivity contribution in [3.05, 3.63) is 102 Å². The summed E-state index contributed by atoms with van der Waals surface area (Å²) in [4.78, 5) is 0. The monoisotopic (exact) mass is 482 g/mol. The Morgan fingerprint density at radius 3 is 1.44 bits per heavy atom. The molecule has 0 aliphatic carbocycles. The van der Waals surface area contributed by atoms with Gasteiger partial charge in [-0.15, -0.1) is 0 Å².